The predicted molar refractivity (Wildman–Crippen MR) is 134 cm³/mol. The Morgan fingerprint density at radius 3 is 2.51 bits per heavy atom. The molecule has 10 heteroatoms. The van der Waals surface area contributed by atoms with Crippen LogP contribution in [0.25, 0.3) is 5.82 Å². The van der Waals surface area contributed by atoms with Crippen LogP contribution < -0.4 is 20.3 Å². The van der Waals surface area contributed by atoms with Gasteiger partial charge in [0.05, 0.1) is 24.7 Å². The monoisotopic (exact) mass is 474 g/mol. The highest BCUT2D eigenvalue weighted by Crippen LogP contribution is 2.46. The zero-order valence-electron chi connectivity index (χ0n) is 20.3. The number of hydrogen-bond acceptors (Lipinski definition) is 8. The molecule has 4 aromatic rings. The van der Waals surface area contributed by atoms with Crippen molar-refractivity contribution in [3.8, 4) is 11.6 Å². The van der Waals surface area contributed by atoms with Crippen molar-refractivity contribution in [2.24, 2.45) is 0 Å². The first kappa shape index (κ1) is 22.6. The fourth-order valence-corrected chi connectivity index (χ4v) is 4.40. The van der Waals surface area contributed by atoms with Gasteiger partial charge in [-0.15, -0.1) is 0 Å². The molecule has 35 heavy (non-hydrogen) atoms. The van der Waals surface area contributed by atoms with Crippen molar-refractivity contribution < 1.29 is 9.13 Å². The summed E-state index contributed by atoms with van der Waals surface area (Å²) < 4.78 is 20.9. The van der Waals surface area contributed by atoms with Gasteiger partial charge in [-0.25, -0.2) is 14.4 Å². The van der Waals surface area contributed by atoms with E-state index in [4.69, 9.17) is 14.7 Å². The van der Waals surface area contributed by atoms with E-state index in [1.807, 2.05) is 30.8 Å². The van der Waals surface area contributed by atoms with Crippen LogP contribution in [0.3, 0.4) is 0 Å². The number of anilines is 5. The summed E-state index contributed by atoms with van der Waals surface area (Å²) in [5.41, 5.74) is 3.23. The van der Waals surface area contributed by atoms with E-state index in [1.165, 1.54) is 12.1 Å². The van der Waals surface area contributed by atoms with Crippen molar-refractivity contribution >= 4 is 29.0 Å². The third-order valence-electron chi connectivity index (χ3n) is 6.02. The first-order chi connectivity index (χ1) is 16.8. The molecular weight excluding hydrogens is 447 g/mol. The number of nitrogens with one attached hydrogen (secondary N) is 2. The van der Waals surface area contributed by atoms with Gasteiger partial charge in [0.2, 0.25) is 5.95 Å². The Morgan fingerprint density at radius 1 is 1.09 bits per heavy atom. The summed E-state index contributed by atoms with van der Waals surface area (Å²) in [6, 6.07) is 8.29. The highest BCUT2D eigenvalue weighted by molar-refractivity contribution is 5.76. The normalized spacial score (nSPS) is 14.1. The van der Waals surface area contributed by atoms with Crippen LogP contribution in [0, 0.1) is 12.7 Å². The standard InChI is InChI=1S/C25H27FN8O/c1-15-12-33(14-29-15)22-19(35-5)10-17(11-28-22)30-24-31-21(27-4)20-23(32-24)34(13-25(20,2)3)18-8-6-16(26)7-9-18/h6-12,14H,13H2,1-5H3,(H2,27,30,31,32). The number of rotatable bonds is 6. The van der Waals surface area contributed by atoms with Gasteiger partial charge in [0, 0.05) is 42.5 Å². The maximum Gasteiger partial charge on any atom is 0.231 e. The molecule has 0 radical (unpaired) electrons. The molecule has 0 bridgehead atoms. The van der Waals surface area contributed by atoms with E-state index in [-0.39, 0.29) is 11.2 Å². The number of aryl methyl sites for hydroxylation is 1. The fraction of sp³-hybridized carbons (Fsp3) is 0.280. The van der Waals surface area contributed by atoms with Gasteiger partial charge in [-0.05, 0) is 31.2 Å². The quantitative estimate of drug-likeness (QED) is 0.414. The number of ether oxygens (including phenoxy) is 1. The highest BCUT2D eigenvalue weighted by Gasteiger charge is 2.40. The summed E-state index contributed by atoms with van der Waals surface area (Å²) in [4.78, 5) is 20.5. The van der Waals surface area contributed by atoms with E-state index in [0.717, 1.165) is 28.6 Å². The predicted octanol–water partition coefficient (Wildman–Crippen LogP) is 4.73. The van der Waals surface area contributed by atoms with Crippen molar-refractivity contribution in [2.75, 3.05) is 36.2 Å². The van der Waals surface area contributed by atoms with E-state index in [2.05, 4.69) is 39.3 Å². The average molecular weight is 475 g/mol. The van der Waals surface area contributed by atoms with E-state index in [0.29, 0.717) is 29.7 Å². The fourth-order valence-electron chi connectivity index (χ4n) is 4.40. The lowest BCUT2D eigenvalue weighted by Gasteiger charge is -2.21. The Hall–Kier alpha value is -4.21. The van der Waals surface area contributed by atoms with Crippen molar-refractivity contribution in [1.29, 1.82) is 0 Å². The van der Waals surface area contributed by atoms with E-state index in [9.17, 15) is 4.39 Å². The number of hydrogen-bond donors (Lipinski definition) is 2. The molecular formula is C25H27FN8O. The summed E-state index contributed by atoms with van der Waals surface area (Å²) >= 11 is 0. The van der Waals surface area contributed by atoms with Crippen LogP contribution in [-0.4, -0.2) is 45.2 Å². The number of benzene rings is 1. The lowest BCUT2D eigenvalue weighted by molar-refractivity contribution is 0.411. The molecule has 0 spiro atoms. The Morgan fingerprint density at radius 2 is 1.86 bits per heavy atom. The molecule has 0 saturated heterocycles. The van der Waals surface area contributed by atoms with Gasteiger partial charge in [0.1, 0.15) is 23.8 Å². The minimum absolute atomic E-state index is 0.212. The van der Waals surface area contributed by atoms with Crippen LogP contribution >= 0.6 is 0 Å². The molecule has 1 aliphatic heterocycles. The first-order valence-electron chi connectivity index (χ1n) is 11.2. The second-order valence-electron chi connectivity index (χ2n) is 9.09. The zero-order chi connectivity index (χ0) is 24.7. The zero-order valence-corrected chi connectivity index (χ0v) is 20.3. The molecule has 0 unspecified atom stereocenters. The number of nitrogens with zero attached hydrogens (tertiary/aromatic N) is 6. The number of imidazole rings is 1. The molecule has 0 atom stereocenters. The van der Waals surface area contributed by atoms with Crippen LogP contribution in [-0.2, 0) is 5.41 Å². The molecule has 9 nitrogen and oxygen atoms in total. The molecule has 1 aromatic carbocycles. The maximum atomic E-state index is 13.6. The maximum absolute atomic E-state index is 13.6. The van der Waals surface area contributed by atoms with Gasteiger partial charge in [-0.3, -0.25) is 4.57 Å². The smallest absolute Gasteiger partial charge is 0.231 e. The number of fused-ring (bicyclic) bond motifs is 1. The highest BCUT2D eigenvalue weighted by atomic mass is 19.1. The summed E-state index contributed by atoms with van der Waals surface area (Å²) in [5, 5.41) is 6.48. The van der Waals surface area contributed by atoms with Crippen molar-refractivity contribution in [1.82, 2.24) is 24.5 Å². The van der Waals surface area contributed by atoms with Gasteiger partial charge < -0.3 is 20.3 Å². The number of halogens is 1. The van der Waals surface area contributed by atoms with Gasteiger partial charge >= 0.3 is 0 Å². The first-order valence-corrected chi connectivity index (χ1v) is 11.2. The largest absolute Gasteiger partial charge is 0.493 e. The van der Waals surface area contributed by atoms with Gasteiger partial charge in [0.25, 0.3) is 0 Å². The Labute approximate surface area is 203 Å². The van der Waals surface area contributed by atoms with Crippen LogP contribution in [0.2, 0.25) is 0 Å². The second kappa shape index (κ2) is 8.53. The Kier molecular flexibility index (Phi) is 5.50. The summed E-state index contributed by atoms with van der Waals surface area (Å²) in [6.45, 7) is 6.91. The number of methoxy groups -OCH3 is 1. The molecule has 5 rings (SSSR count). The topological polar surface area (TPSA) is 93.0 Å². The Balaban J connectivity index is 1.53. The van der Waals surface area contributed by atoms with E-state index in [1.54, 1.807) is 31.8 Å². The summed E-state index contributed by atoms with van der Waals surface area (Å²) in [5.74, 6) is 2.86. The SMILES string of the molecule is CNc1nc(Nc2cnc(-n3cnc(C)c3)c(OC)c2)nc2c1C(C)(C)CN2c1ccc(F)cc1. The van der Waals surface area contributed by atoms with Crippen LogP contribution in [0.5, 0.6) is 5.75 Å². The molecule has 0 saturated carbocycles. The Bertz CT molecular complexity index is 1380. The molecule has 4 heterocycles. The second-order valence-corrected chi connectivity index (χ2v) is 9.09. The molecule has 180 valence electrons. The van der Waals surface area contributed by atoms with Gasteiger partial charge in [-0.1, -0.05) is 13.8 Å². The third kappa shape index (κ3) is 4.11. The molecule has 2 N–H and O–H groups in total. The molecule has 0 aliphatic carbocycles. The molecule has 0 fully saturated rings. The number of pyridine rings is 1. The van der Waals surface area contributed by atoms with Crippen molar-refractivity contribution in [3.05, 3.63) is 66.1 Å². The third-order valence-corrected chi connectivity index (χ3v) is 6.02. The van der Waals surface area contributed by atoms with Crippen molar-refractivity contribution in [2.45, 2.75) is 26.2 Å². The van der Waals surface area contributed by atoms with Crippen LogP contribution in [0.4, 0.5) is 33.3 Å². The lowest BCUT2D eigenvalue weighted by Crippen LogP contribution is -2.25. The van der Waals surface area contributed by atoms with Gasteiger partial charge in [-0.2, -0.15) is 9.97 Å². The molecule has 0 amide bonds. The average Bonchev–Trinajstić information content (AvgIpc) is 3.39. The van der Waals surface area contributed by atoms with E-state index < -0.39 is 0 Å². The van der Waals surface area contributed by atoms with Gasteiger partial charge in [0.15, 0.2) is 11.6 Å². The summed E-state index contributed by atoms with van der Waals surface area (Å²) in [6.07, 6.45) is 5.28. The lowest BCUT2D eigenvalue weighted by atomic mass is 9.88. The van der Waals surface area contributed by atoms with Crippen LogP contribution in [0.15, 0.2) is 49.1 Å². The van der Waals surface area contributed by atoms with Crippen molar-refractivity contribution in [3.63, 3.8) is 0 Å². The molecule has 1 aliphatic rings. The minimum Gasteiger partial charge on any atom is -0.493 e. The minimum atomic E-state index is -0.274. The van der Waals surface area contributed by atoms with E-state index >= 15 is 0 Å². The van der Waals surface area contributed by atoms with Crippen LogP contribution in [0.1, 0.15) is 25.1 Å². The molecule has 3 aromatic heterocycles. The summed E-state index contributed by atoms with van der Waals surface area (Å²) in [7, 11) is 3.44. The number of aromatic nitrogens is 5.